The van der Waals surface area contributed by atoms with Gasteiger partial charge in [-0.05, 0) is 29.4 Å². The molecular weight excluding hydrogens is 719 g/mol. The number of carboxylic acids is 2. The van der Waals surface area contributed by atoms with Crippen LogP contribution >= 0.6 is 58.5 Å². The topological polar surface area (TPSA) is 224 Å². The van der Waals surface area contributed by atoms with Gasteiger partial charge in [-0.15, -0.1) is 11.8 Å². The van der Waals surface area contributed by atoms with Gasteiger partial charge in [0.15, 0.2) is 0 Å². The molecule has 0 aromatic heterocycles. The van der Waals surface area contributed by atoms with Crippen LogP contribution in [0, 0.1) is 0 Å². The van der Waals surface area contributed by atoms with Crippen LogP contribution < -0.4 is 15.9 Å². The fourth-order valence-electron chi connectivity index (χ4n) is 4.18. The van der Waals surface area contributed by atoms with Crippen LogP contribution in [0.25, 0.3) is 0 Å². The lowest BCUT2D eigenvalue weighted by atomic mass is 9.99. The number of nitrogens with one attached hydrogen (secondary N) is 1. The van der Waals surface area contributed by atoms with Gasteiger partial charge in [-0.2, -0.15) is 0 Å². The summed E-state index contributed by atoms with van der Waals surface area (Å²) in [5, 5.41) is 19.9. The first-order valence-electron chi connectivity index (χ1n) is 13.0. The van der Waals surface area contributed by atoms with Crippen molar-refractivity contribution < 1.29 is 58.0 Å². The number of primary amides is 1. The number of alkyl halides is 3. The molecule has 1 saturated heterocycles. The number of nitrogens with zero attached hydrogens (tertiary/aromatic N) is 2. The Kier molecular flexibility index (Phi) is 13.1. The minimum Gasteiger partial charge on any atom is -0.480 e. The molecule has 2 aliphatic rings. The van der Waals surface area contributed by atoms with Gasteiger partial charge < -0.3 is 40.3 Å². The van der Waals surface area contributed by atoms with Gasteiger partial charge in [-0.1, -0.05) is 53.0 Å². The fraction of sp³-hybridized carbons (Fsp3) is 0.440. The molecule has 3 rings (SSSR count). The second-order valence-electron chi connectivity index (χ2n) is 9.35. The Morgan fingerprint density at radius 3 is 2.43 bits per heavy atom. The maximum atomic E-state index is 13.7. The number of aliphatic carboxylic acids is 2. The third-order valence-electron chi connectivity index (χ3n) is 6.21. The number of ether oxygens (including phenoxy) is 3. The minimum absolute atomic E-state index is 0.0000655. The Morgan fingerprint density at radius 1 is 1.20 bits per heavy atom. The van der Waals surface area contributed by atoms with Gasteiger partial charge in [0.1, 0.15) is 36.1 Å². The number of carbonyl (C=O) groups excluding carboxylic acids is 4. The number of hydrogen-bond acceptors (Lipinski definition) is 13. The van der Waals surface area contributed by atoms with Crippen molar-refractivity contribution in [2.24, 2.45) is 5.73 Å². The molecule has 21 heteroatoms. The van der Waals surface area contributed by atoms with E-state index in [1.54, 1.807) is 30.3 Å². The molecule has 2 aliphatic heterocycles. The smallest absolute Gasteiger partial charge is 0.407 e. The van der Waals surface area contributed by atoms with Gasteiger partial charge >= 0.3 is 24.1 Å². The normalized spacial score (nSPS) is 19.9. The number of hydroxylamine groups is 1. The van der Waals surface area contributed by atoms with E-state index < -0.39 is 75.0 Å². The SMILES string of the molecule is CO[C@@]1(N(Oc2ccccc2)SC(=O)CCCC(NC(=O)OCC(Cl)(Cl)Cl)C(=O)O)C(=O)N2C(C(=O)O)=C(COC(N)=O)CS[C@H]21. The number of thioether (sulfide) groups is 1. The highest BCUT2D eigenvalue weighted by Gasteiger charge is 2.71. The maximum Gasteiger partial charge on any atom is 0.407 e. The van der Waals surface area contributed by atoms with Gasteiger partial charge in [0.2, 0.25) is 8.91 Å². The standard InChI is InChI=1S/C25H27Cl3N4O12S2/c1-41-25(20(38)31-17(19(36)37)13(10-42-22(29)39)11-45-21(25)31)32(44-14-6-3-2-4-7-14)46-16(33)9-5-8-15(18(34)35)30-23(40)43-12-24(26,27)28/h2-4,6-7,15,21H,5,8-12H2,1H3,(H2,29,39)(H,30,40)(H,34,35)(H,36,37)/t15?,21-,25-/m0/s1. The van der Waals surface area contributed by atoms with E-state index in [1.807, 2.05) is 0 Å². The van der Waals surface area contributed by atoms with Gasteiger partial charge in [0, 0.05) is 36.8 Å². The number of halogens is 3. The molecule has 3 amide bonds. The third kappa shape index (κ3) is 9.24. The zero-order chi connectivity index (χ0) is 34.2. The Bertz CT molecular complexity index is 1380. The summed E-state index contributed by atoms with van der Waals surface area (Å²) >= 11 is 18.1. The first kappa shape index (κ1) is 37.3. The molecule has 252 valence electrons. The molecular formula is C25H27Cl3N4O12S2. The number of amides is 3. The number of carbonyl (C=O) groups is 6. The largest absolute Gasteiger partial charge is 0.480 e. The Balaban J connectivity index is 1.77. The number of nitrogens with two attached hydrogens (primary N) is 1. The van der Waals surface area contributed by atoms with E-state index in [9.17, 15) is 39.0 Å². The van der Waals surface area contributed by atoms with Crippen molar-refractivity contribution in [3.8, 4) is 5.75 Å². The molecule has 1 unspecified atom stereocenters. The van der Waals surface area contributed by atoms with Crippen LogP contribution in [0.1, 0.15) is 19.3 Å². The molecule has 1 aromatic carbocycles. The zero-order valence-electron chi connectivity index (χ0n) is 23.7. The summed E-state index contributed by atoms with van der Waals surface area (Å²) in [6, 6.07) is 6.62. The van der Waals surface area contributed by atoms with Crippen molar-refractivity contribution in [1.82, 2.24) is 14.7 Å². The van der Waals surface area contributed by atoms with Crippen LogP contribution in [-0.4, -0.2) is 102 Å². The van der Waals surface area contributed by atoms with Gasteiger partial charge in [-0.3, -0.25) is 14.5 Å². The van der Waals surface area contributed by atoms with Gasteiger partial charge in [0.05, 0.1) is 0 Å². The summed E-state index contributed by atoms with van der Waals surface area (Å²) in [5.41, 5.74) is 2.69. The number of para-hydroxylation sites is 1. The zero-order valence-corrected chi connectivity index (χ0v) is 27.6. The van der Waals surface area contributed by atoms with Gasteiger partial charge in [0.25, 0.3) is 11.6 Å². The number of rotatable bonds is 15. The van der Waals surface area contributed by atoms with Crippen molar-refractivity contribution in [2.75, 3.05) is 26.1 Å². The van der Waals surface area contributed by atoms with Crippen LogP contribution in [0.3, 0.4) is 0 Å². The number of hydrogen-bond donors (Lipinski definition) is 4. The number of methoxy groups -OCH3 is 1. The molecule has 0 aliphatic carbocycles. The van der Waals surface area contributed by atoms with E-state index in [2.05, 4.69) is 10.1 Å². The Labute approximate surface area is 284 Å². The van der Waals surface area contributed by atoms with Crippen LogP contribution in [0.5, 0.6) is 5.75 Å². The number of alkyl carbamates (subject to hydrolysis) is 1. The average Bonchev–Trinajstić information content (AvgIpc) is 2.98. The summed E-state index contributed by atoms with van der Waals surface area (Å²) in [5.74, 6) is -3.56. The fourth-order valence-corrected chi connectivity index (χ4v) is 6.79. The molecule has 46 heavy (non-hydrogen) atoms. The van der Waals surface area contributed by atoms with Crippen molar-refractivity contribution in [2.45, 2.75) is 40.2 Å². The Hall–Kier alpha value is -3.13. The van der Waals surface area contributed by atoms with E-state index in [1.165, 1.54) is 7.11 Å². The lowest BCUT2D eigenvalue weighted by molar-refractivity contribution is -0.246. The van der Waals surface area contributed by atoms with E-state index >= 15 is 0 Å². The molecule has 0 spiro atoms. The highest BCUT2D eigenvalue weighted by molar-refractivity contribution is 8.11. The lowest BCUT2D eigenvalue weighted by Crippen LogP contribution is -2.80. The van der Waals surface area contributed by atoms with Crippen molar-refractivity contribution in [3.05, 3.63) is 41.6 Å². The van der Waals surface area contributed by atoms with Crippen LogP contribution in [0.2, 0.25) is 0 Å². The van der Waals surface area contributed by atoms with Crippen molar-refractivity contribution in [3.63, 3.8) is 0 Å². The highest BCUT2D eigenvalue weighted by atomic mass is 35.6. The quantitative estimate of drug-likeness (QED) is 0.0666. The average molecular weight is 746 g/mol. The minimum atomic E-state index is -2.00. The first-order valence-corrected chi connectivity index (χ1v) is 15.9. The molecule has 2 heterocycles. The molecule has 1 aromatic rings. The lowest BCUT2D eigenvalue weighted by Gasteiger charge is -2.57. The second kappa shape index (κ2) is 16.1. The van der Waals surface area contributed by atoms with Crippen molar-refractivity contribution >= 4 is 93.7 Å². The molecule has 16 nitrogen and oxygen atoms in total. The molecule has 5 N–H and O–H groups in total. The van der Waals surface area contributed by atoms with E-state index in [0.29, 0.717) is 11.9 Å². The molecule has 0 radical (unpaired) electrons. The van der Waals surface area contributed by atoms with E-state index in [0.717, 1.165) is 21.1 Å². The summed E-state index contributed by atoms with van der Waals surface area (Å²) in [6.45, 7) is -1.10. The Morgan fingerprint density at radius 2 is 1.87 bits per heavy atom. The van der Waals surface area contributed by atoms with Crippen molar-refractivity contribution in [1.29, 1.82) is 0 Å². The number of benzene rings is 1. The summed E-state index contributed by atoms with van der Waals surface area (Å²) < 4.78 is 14.1. The molecule has 3 atom stereocenters. The predicted molar refractivity (Wildman–Crippen MR) is 165 cm³/mol. The summed E-state index contributed by atoms with van der Waals surface area (Å²) in [7, 11) is 1.18. The van der Waals surface area contributed by atoms with E-state index in [4.69, 9.17) is 54.8 Å². The predicted octanol–water partition coefficient (Wildman–Crippen LogP) is 2.87. The first-order chi connectivity index (χ1) is 21.6. The molecule has 0 saturated carbocycles. The van der Waals surface area contributed by atoms with Crippen LogP contribution in [-0.2, 0) is 33.4 Å². The summed E-state index contributed by atoms with van der Waals surface area (Å²) in [4.78, 5) is 80.6. The maximum absolute atomic E-state index is 13.7. The molecule has 1 fully saturated rings. The summed E-state index contributed by atoms with van der Waals surface area (Å²) in [6.07, 6.45) is -2.78. The highest BCUT2D eigenvalue weighted by Crippen LogP contribution is 2.51. The van der Waals surface area contributed by atoms with Crippen LogP contribution in [0.15, 0.2) is 41.6 Å². The van der Waals surface area contributed by atoms with E-state index in [-0.39, 0.29) is 36.3 Å². The number of fused-ring (bicyclic) bond motifs is 1. The number of carboxylic acid groups (broad SMARTS) is 2. The number of β-lactam (4-membered cyclic amide) rings is 1. The van der Waals surface area contributed by atoms with Gasteiger partial charge in [-0.25, -0.2) is 19.2 Å². The monoisotopic (exact) mass is 744 g/mol. The third-order valence-corrected chi connectivity index (χ3v) is 8.81. The molecule has 0 bridgehead atoms. The van der Waals surface area contributed by atoms with Crippen LogP contribution in [0.4, 0.5) is 9.59 Å². The second-order valence-corrected chi connectivity index (χ2v) is 13.9.